The van der Waals surface area contributed by atoms with Crippen molar-refractivity contribution in [2.24, 2.45) is 0 Å². The average molecular weight is 339 g/mol. The molecule has 3 aromatic rings. The van der Waals surface area contributed by atoms with Crippen molar-refractivity contribution in [3.63, 3.8) is 0 Å². The molecule has 1 N–H and O–H groups in total. The van der Waals surface area contributed by atoms with E-state index in [1.807, 2.05) is 43.3 Å². The summed E-state index contributed by atoms with van der Waals surface area (Å²) in [6.45, 7) is 1.86. The summed E-state index contributed by atoms with van der Waals surface area (Å²) in [6, 6.07) is 13.0. The van der Waals surface area contributed by atoms with Crippen molar-refractivity contribution in [3.8, 4) is 0 Å². The van der Waals surface area contributed by atoms with Gasteiger partial charge in [0, 0.05) is 11.1 Å². The lowest BCUT2D eigenvalue weighted by Gasteiger charge is -2.09. The van der Waals surface area contributed by atoms with E-state index in [1.165, 1.54) is 18.1 Å². The van der Waals surface area contributed by atoms with Crippen LogP contribution in [0.2, 0.25) is 0 Å². The summed E-state index contributed by atoms with van der Waals surface area (Å²) in [5, 5.41) is 14.8. The minimum atomic E-state index is -0.480. The SMILES string of the molecule is Cc1cccnc1Nc1ncnc(Sc2ccccc2)c1[N+](=O)[O-]. The third-order valence-electron chi connectivity index (χ3n) is 3.18. The highest BCUT2D eigenvalue weighted by Gasteiger charge is 2.24. The predicted octanol–water partition coefficient (Wildman–Crippen LogP) is 3.98. The fourth-order valence-corrected chi connectivity index (χ4v) is 2.91. The van der Waals surface area contributed by atoms with Crippen LogP contribution in [0.1, 0.15) is 5.56 Å². The molecule has 120 valence electrons. The molecular weight excluding hydrogens is 326 g/mol. The van der Waals surface area contributed by atoms with Crippen molar-refractivity contribution in [3.05, 3.63) is 70.7 Å². The zero-order valence-corrected chi connectivity index (χ0v) is 13.5. The summed E-state index contributed by atoms with van der Waals surface area (Å²) in [7, 11) is 0. The van der Waals surface area contributed by atoms with Gasteiger partial charge in [-0.15, -0.1) is 0 Å². The molecule has 0 aliphatic heterocycles. The van der Waals surface area contributed by atoms with Crippen molar-refractivity contribution in [2.75, 3.05) is 5.32 Å². The third kappa shape index (κ3) is 3.49. The van der Waals surface area contributed by atoms with Gasteiger partial charge in [-0.3, -0.25) is 10.1 Å². The summed E-state index contributed by atoms with van der Waals surface area (Å²) in [4.78, 5) is 24.2. The Morgan fingerprint density at radius 3 is 2.54 bits per heavy atom. The maximum atomic E-state index is 11.6. The minimum absolute atomic E-state index is 0.121. The van der Waals surface area contributed by atoms with Crippen LogP contribution in [0.3, 0.4) is 0 Å². The van der Waals surface area contributed by atoms with Crippen LogP contribution in [0.4, 0.5) is 17.3 Å². The number of anilines is 2. The van der Waals surface area contributed by atoms with Crippen LogP contribution in [-0.4, -0.2) is 19.9 Å². The Kier molecular flexibility index (Phi) is 4.66. The number of pyridine rings is 1. The normalized spacial score (nSPS) is 10.4. The van der Waals surface area contributed by atoms with E-state index in [0.717, 1.165) is 10.5 Å². The summed E-state index contributed by atoms with van der Waals surface area (Å²) < 4.78 is 0. The molecule has 24 heavy (non-hydrogen) atoms. The number of nitrogens with one attached hydrogen (secondary N) is 1. The number of rotatable bonds is 5. The molecule has 0 saturated heterocycles. The van der Waals surface area contributed by atoms with Crippen molar-refractivity contribution >= 4 is 29.1 Å². The fourth-order valence-electron chi connectivity index (χ4n) is 2.02. The van der Waals surface area contributed by atoms with Gasteiger partial charge in [-0.2, -0.15) is 0 Å². The van der Waals surface area contributed by atoms with E-state index >= 15 is 0 Å². The quantitative estimate of drug-likeness (QED) is 0.427. The standard InChI is InChI=1S/C16H13N5O2S/c1-11-6-5-9-17-14(11)20-15-13(21(22)23)16(19-10-18-15)24-12-7-3-2-4-8-12/h2-10H,1H3,(H,17,18,19,20). The molecule has 2 aromatic heterocycles. The fraction of sp³-hybridized carbons (Fsp3) is 0.0625. The average Bonchev–Trinajstić information content (AvgIpc) is 2.58. The molecule has 7 nitrogen and oxygen atoms in total. The largest absolute Gasteiger partial charge is 0.343 e. The maximum Gasteiger partial charge on any atom is 0.343 e. The first kappa shape index (κ1) is 15.9. The Bertz CT molecular complexity index is 873. The summed E-state index contributed by atoms with van der Waals surface area (Å²) in [5.41, 5.74) is 0.694. The van der Waals surface area contributed by atoms with Crippen LogP contribution in [0, 0.1) is 17.0 Å². The number of aromatic nitrogens is 3. The second-order valence-corrected chi connectivity index (χ2v) is 5.90. The van der Waals surface area contributed by atoms with Gasteiger partial charge in [0.15, 0.2) is 5.03 Å². The van der Waals surface area contributed by atoms with Crippen LogP contribution in [0.25, 0.3) is 0 Å². The first-order chi connectivity index (χ1) is 11.6. The Balaban J connectivity index is 1.99. The molecule has 0 amide bonds. The molecule has 2 heterocycles. The lowest BCUT2D eigenvalue weighted by atomic mass is 10.3. The molecule has 0 aliphatic carbocycles. The molecule has 0 unspecified atom stereocenters. The highest BCUT2D eigenvalue weighted by atomic mass is 32.2. The molecule has 0 bridgehead atoms. The van der Waals surface area contributed by atoms with Gasteiger partial charge in [0.05, 0.1) is 4.92 Å². The molecule has 0 fully saturated rings. The highest BCUT2D eigenvalue weighted by Crippen LogP contribution is 2.37. The Morgan fingerprint density at radius 2 is 1.83 bits per heavy atom. The number of benzene rings is 1. The lowest BCUT2D eigenvalue weighted by Crippen LogP contribution is -2.04. The van der Waals surface area contributed by atoms with E-state index < -0.39 is 4.92 Å². The molecule has 8 heteroatoms. The van der Waals surface area contributed by atoms with Gasteiger partial charge in [0.1, 0.15) is 12.1 Å². The predicted molar refractivity (Wildman–Crippen MR) is 91.5 cm³/mol. The number of aryl methyl sites for hydroxylation is 1. The summed E-state index contributed by atoms with van der Waals surface area (Å²) >= 11 is 1.22. The Morgan fingerprint density at radius 1 is 1.04 bits per heavy atom. The van der Waals surface area contributed by atoms with Crippen molar-refractivity contribution in [1.82, 2.24) is 15.0 Å². The van der Waals surface area contributed by atoms with Gasteiger partial charge in [-0.05, 0) is 30.7 Å². The maximum absolute atomic E-state index is 11.6. The van der Waals surface area contributed by atoms with Crippen LogP contribution in [0.15, 0.2) is 64.9 Å². The third-order valence-corrected chi connectivity index (χ3v) is 4.18. The van der Waals surface area contributed by atoms with Crippen LogP contribution in [0.5, 0.6) is 0 Å². The van der Waals surface area contributed by atoms with Gasteiger partial charge in [-0.1, -0.05) is 36.0 Å². The second kappa shape index (κ2) is 7.05. The van der Waals surface area contributed by atoms with Gasteiger partial charge < -0.3 is 5.32 Å². The molecular formula is C16H13N5O2S. The first-order valence-electron chi connectivity index (χ1n) is 7.06. The van der Waals surface area contributed by atoms with Crippen molar-refractivity contribution in [1.29, 1.82) is 0 Å². The number of nitro groups is 1. The molecule has 1 aromatic carbocycles. The van der Waals surface area contributed by atoms with Gasteiger partial charge >= 0.3 is 5.69 Å². The highest BCUT2D eigenvalue weighted by molar-refractivity contribution is 7.99. The Hall–Kier alpha value is -3.00. The van der Waals surface area contributed by atoms with Crippen molar-refractivity contribution < 1.29 is 4.92 Å². The minimum Gasteiger partial charge on any atom is -0.319 e. The first-order valence-corrected chi connectivity index (χ1v) is 7.87. The lowest BCUT2D eigenvalue weighted by molar-refractivity contribution is -0.387. The van der Waals surface area contributed by atoms with E-state index in [-0.39, 0.29) is 16.5 Å². The van der Waals surface area contributed by atoms with Gasteiger partial charge in [0.2, 0.25) is 5.82 Å². The van der Waals surface area contributed by atoms with E-state index in [2.05, 4.69) is 20.3 Å². The molecule has 0 aliphatic rings. The summed E-state index contributed by atoms with van der Waals surface area (Å²) in [5.74, 6) is 0.644. The Labute approximate surface area is 142 Å². The van der Waals surface area contributed by atoms with Gasteiger partial charge in [-0.25, -0.2) is 15.0 Å². The molecule has 3 rings (SSSR count). The number of hydrogen-bond donors (Lipinski definition) is 1. The second-order valence-electron chi connectivity index (χ2n) is 4.84. The van der Waals surface area contributed by atoms with E-state index in [0.29, 0.717) is 5.82 Å². The number of nitrogens with zero attached hydrogens (tertiary/aromatic N) is 4. The monoisotopic (exact) mass is 339 g/mol. The van der Waals surface area contributed by atoms with Gasteiger partial charge in [0.25, 0.3) is 0 Å². The zero-order chi connectivity index (χ0) is 16.9. The van der Waals surface area contributed by atoms with Crippen LogP contribution in [-0.2, 0) is 0 Å². The van der Waals surface area contributed by atoms with E-state index in [4.69, 9.17) is 0 Å². The molecule has 0 saturated carbocycles. The van der Waals surface area contributed by atoms with E-state index in [9.17, 15) is 10.1 Å². The molecule has 0 atom stereocenters. The van der Waals surface area contributed by atoms with E-state index in [1.54, 1.807) is 12.3 Å². The molecule has 0 spiro atoms. The van der Waals surface area contributed by atoms with Crippen LogP contribution >= 0.6 is 11.8 Å². The van der Waals surface area contributed by atoms with Crippen molar-refractivity contribution in [2.45, 2.75) is 16.8 Å². The topological polar surface area (TPSA) is 93.8 Å². The zero-order valence-electron chi connectivity index (χ0n) is 12.7. The number of hydrogen-bond acceptors (Lipinski definition) is 7. The molecule has 0 radical (unpaired) electrons. The smallest absolute Gasteiger partial charge is 0.319 e. The van der Waals surface area contributed by atoms with Crippen LogP contribution < -0.4 is 5.32 Å². The summed E-state index contributed by atoms with van der Waals surface area (Å²) in [6.07, 6.45) is 2.92.